The number of benzene rings is 1. The highest BCUT2D eigenvalue weighted by Gasteiger charge is 2.42. The summed E-state index contributed by atoms with van der Waals surface area (Å²) in [5, 5.41) is 10.2. The average Bonchev–Trinajstić information content (AvgIpc) is 2.75. The molecule has 88 valence electrons. The molecule has 0 amide bonds. The third kappa shape index (κ3) is 2.26. The Labute approximate surface area is 107 Å². The minimum atomic E-state index is -0.808. The minimum Gasteiger partial charge on any atom is -0.394 e. The molecule has 1 saturated heterocycles. The Morgan fingerprint density at radius 1 is 1.44 bits per heavy atom. The van der Waals surface area contributed by atoms with Crippen molar-refractivity contribution in [2.45, 2.75) is 11.9 Å². The standard InChI is InChI=1S/C11H12BrClO3/c12-7-11(15-6-10(5-14)16-11)8-1-3-9(13)4-2-8/h1-4,10,14H,5-7H2/t10-,11?/m1/s1. The summed E-state index contributed by atoms with van der Waals surface area (Å²) in [4.78, 5) is 0. The Morgan fingerprint density at radius 3 is 2.62 bits per heavy atom. The SMILES string of the molecule is OC[C@@H]1COC(CBr)(c2ccc(Cl)cc2)O1. The quantitative estimate of drug-likeness (QED) is 0.871. The molecule has 5 heteroatoms. The van der Waals surface area contributed by atoms with Gasteiger partial charge in [0, 0.05) is 10.6 Å². The zero-order valence-electron chi connectivity index (χ0n) is 8.53. The predicted molar refractivity (Wildman–Crippen MR) is 64.8 cm³/mol. The second-order valence-electron chi connectivity index (χ2n) is 3.63. The van der Waals surface area contributed by atoms with Crippen LogP contribution in [0.15, 0.2) is 24.3 Å². The van der Waals surface area contributed by atoms with Gasteiger partial charge in [-0.05, 0) is 12.1 Å². The Hall–Kier alpha value is -0.130. The molecule has 0 aromatic heterocycles. The summed E-state index contributed by atoms with van der Waals surface area (Å²) in [5.41, 5.74) is 0.893. The van der Waals surface area contributed by atoms with Crippen molar-refractivity contribution >= 4 is 27.5 Å². The van der Waals surface area contributed by atoms with Crippen molar-refractivity contribution in [3.63, 3.8) is 0 Å². The fourth-order valence-corrected chi connectivity index (χ4v) is 2.40. The van der Waals surface area contributed by atoms with Gasteiger partial charge >= 0.3 is 0 Å². The van der Waals surface area contributed by atoms with Crippen LogP contribution in [-0.4, -0.2) is 29.8 Å². The van der Waals surface area contributed by atoms with Crippen molar-refractivity contribution in [2.24, 2.45) is 0 Å². The number of aliphatic hydroxyl groups excluding tert-OH is 1. The third-order valence-corrected chi connectivity index (χ3v) is 3.51. The van der Waals surface area contributed by atoms with Crippen molar-refractivity contribution in [1.29, 1.82) is 0 Å². The van der Waals surface area contributed by atoms with Crippen LogP contribution in [0.5, 0.6) is 0 Å². The highest BCUT2D eigenvalue weighted by Crippen LogP contribution is 2.36. The summed E-state index contributed by atoms with van der Waals surface area (Å²) >= 11 is 9.21. The Morgan fingerprint density at radius 2 is 2.12 bits per heavy atom. The Bertz CT molecular complexity index is 357. The first-order valence-electron chi connectivity index (χ1n) is 4.95. The zero-order chi connectivity index (χ0) is 11.6. The van der Waals surface area contributed by atoms with Crippen molar-refractivity contribution < 1.29 is 14.6 Å². The van der Waals surface area contributed by atoms with Crippen LogP contribution in [0.1, 0.15) is 5.56 Å². The molecule has 1 fully saturated rings. The molecule has 1 aromatic rings. The lowest BCUT2D eigenvalue weighted by atomic mass is 10.1. The van der Waals surface area contributed by atoms with E-state index in [-0.39, 0.29) is 12.7 Å². The van der Waals surface area contributed by atoms with Gasteiger partial charge in [-0.1, -0.05) is 39.7 Å². The predicted octanol–water partition coefficient (Wildman–Crippen LogP) is 2.30. The van der Waals surface area contributed by atoms with E-state index in [0.717, 1.165) is 5.56 Å². The van der Waals surface area contributed by atoms with Gasteiger partial charge in [-0.25, -0.2) is 0 Å². The maximum absolute atomic E-state index is 9.04. The molecule has 0 bridgehead atoms. The highest BCUT2D eigenvalue weighted by atomic mass is 79.9. The molecule has 1 unspecified atom stereocenters. The molecule has 3 nitrogen and oxygen atoms in total. The van der Waals surface area contributed by atoms with E-state index in [1.807, 2.05) is 12.1 Å². The van der Waals surface area contributed by atoms with E-state index in [1.165, 1.54) is 0 Å². The second kappa shape index (κ2) is 5.02. The van der Waals surface area contributed by atoms with Gasteiger partial charge in [-0.3, -0.25) is 0 Å². The van der Waals surface area contributed by atoms with Crippen LogP contribution in [0, 0.1) is 0 Å². The van der Waals surface area contributed by atoms with Gasteiger partial charge in [0.15, 0.2) is 0 Å². The number of hydrogen-bond donors (Lipinski definition) is 1. The molecule has 1 aromatic carbocycles. The maximum atomic E-state index is 9.04. The topological polar surface area (TPSA) is 38.7 Å². The van der Waals surface area contributed by atoms with Crippen LogP contribution in [0.3, 0.4) is 0 Å². The number of alkyl halides is 1. The minimum absolute atomic E-state index is 0.0393. The lowest BCUT2D eigenvalue weighted by Crippen LogP contribution is -2.30. The van der Waals surface area contributed by atoms with E-state index in [9.17, 15) is 0 Å². The fraction of sp³-hybridized carbons (Fsp3) is 0.455. The van der Waals surface area contributed by atoms with Gasteiger partial charge in [0.25, 0.3) is 0 Å². The molecule has 2 atom stereocenters. The molecule has 16 heavy (non-hydrogen) atoms. The van der Waals surface area contributed by atoms with Gasteiger partial charge in [0.2, 0.25) is 5.79 Å². The van der Waals surface area contributed by atoms with E-state index < -0.39 is 5.79 Å². The fourth-order valence-electron chi connectivity index (χ4n) is 1.66. The van der Waals surface area contributed by atoms with Crippen molar-refractivity contribution in [3.8, 4) is 0 Å². The summed E-state index contributed by atoms with van der Waals surface area (Å²) in [5.74, 6) is -0.808. The summed E-state index contributed by atoms with van der Waals surface area (Å²) in [6, 6.07) is 7.31. The Balaban J connectivity index is 2.25. The molecular formula is C11H12BrClO3. The van der Waals surface area contributed by atoms with Crippen LogP contribution in [0.4, 0.5) is 0 Å². The van der Waals surface area contributed by atoms with Gasteiger partial charge in [-0.2, -0.15) is 0 Å². The third-order valence-electron chi connectivity index (χ3n) is 2.52. The van der Waals surface area contributed by atoms with Crippen LogP contribution in [0.2, 0.25) is 5.02 Å². The van der Waals surface area contributed by atoms with Crippen molar-refractivity contribution in [3.05, 3.63) is 34.9 Å². The number of hydrogen-bond acceptors (Lipinski definition) is 3. The van der Waals surface area contributed by atoms with E-state index in [1.54, 1.807) is 12.1 Å². The monoisotopic (exact) mass is 306 g/mol. The van der Waals surface area contributed by atoms with Crippen LogP contribution in [0.25, 0.3) is 0 Å². The summed E-state index contributed by atoms with van der Waals surface area (Å²) in [6.45, 7) is 0.354. The number of halogens is 2. The molecule has 1 N–H and O–H groups in total. The highest BCUT2D eigenvalue weighted by molar-refractivity contribution is 9.09. The normalized spacial score (nSPS) is 29.6. The lowest BCUT2D eigenvalue weighted by molar-refractivity contribution is -0.160. The van der Waals surface area contributed by atoms with Gasteiger partial charge < -0.3 is 14.6 Å². The first-order chi connectivity index (χ1) is 7.70. The molecule has 0 saturated carbocycles. The lowest BCUT2D eigenvalue weighted by Gasteiger charge is -2.26. The number of ether oxygens (including phenoxy) is 2. The van der Waals surface area contributed by atoms with Crippen molar-refractivity contribution in [2.75, 3.05) is 18.5 Å². The van der Waals surface area contributed by atoms with E-state index in [4.69, 9.17) is 26.2 Å². The molecule has 1 aliphatic heterocycles. The summed E-state index contributed by atoms with van der Waals surface area (Å²) < 4.78 is 11.4. The number of aliphatic hydroxyl groups is 1. The van der Waals surface area contributed by atoms with E-state index >= 15 is 0 Å². The first kappa shape index (κ1) is 12.3. The van der Waals surface area contributed by atoms with Gasteiger partial charge in [0.05, 0.1) is 18.5 Å². The maximum Gasteiger partial charge on any atom is 0.205 e. The van der Waals surface area contributed by atoms with Gasteiger partial charge in [-0.15, -0.1) is 0 Å². The molecular weight excluding hydrogens is 295 g/mol. The van der Waals surface area contributed by atoms with Crippen molar-refractivity contribution in [1.82, 2.24) is 0 Å². The zero-order valence-corrected chi connectivity index (χ0v) is 10.9. The largest absolute Gasteiger partial charge is 0.394 e. The van der Waals surface area contributed by atoms with Crippen LogP contribution in [-0.2, 0) is 15.3 Å². The molecule has 1 aliphatic rings. The van der Waals surface area contributed by atoms with E-state index in [0.29, 0.717) is 17.0 Å². The van der Waals surface area contributed by atoms with Crippen LogP contribution >= 0.6 is 27.5 Å². The Kier molecular flexibility index (Phi) is 3.87. The number of rotatable bonds is 3. The summed E-state index contributed by atoms with van der Waals surface area (Å²) in [6.07, 6.45) is -0.270. The molecule has 0 radical (unpaired) electrons. The molecule has 0 aliphatic carbocycles. The second-order valence-corrected chi connectivity index (χ2v) is 4.62. The molecule has 1 heterocycles. The smallest absolute Gasteiger partial charge is 0.205 e. The molecule has 0 spiro atoms. The van der Waals surface area contributed by atoms with E-state index in [2.05, 4.69) is 15.9 Å². The average molecular weight is 308 g/mol. The van der Waals surface area contributed by atoms with Gasteiger partial charge in [0.1, 0.15) is 6.10 Å². The van der Waals surface area contributed by atoms with Crippen LogP contribution < -0.4 is 0 Å². The first-order valence-corrected chi connectivity index (χ1v) is 6.45. The molecule has 2 rings (SSSR count). The summed E-state index contributed by atoms with van der Waals surface area (Å²) in [7, 11) is 0.